The molecule has 1 aliphatic rings. The van der Waals surface area contributed by atoms with E-state index >= 15 is 0 Å². The lowest BCUT2D eigenvalue weighted by Crippen LogP contribution is -2.48. The Balaban J connectivity index is 1.84. The molecule has 1 aliphatic heterocycles. The molecule has 3 rings (SSSR count). The van der Waals surface area contributed by atoms with Crippen LogP contribution in [0, 0.1) is 0 Å². The fourth-order valence-corrected chi connectivity index (χ4v) is 2.91. The van der Waals surface area contributed by atoms with Gasteiger partial charge in [-0.3, -0.25) is 4.79 Å². The summed E-state index contributed by atoms with van der Waals surface area (Å²) in [4.78, 5) is 27.5. The highest BCUT2D eigenvalue weighted by atomic mass is 16.2. The maximum atomic E-state index is 11.8. The highest BCUT2D eigenvalue weighted by Gasteiger charge is 2.26. The van der Waals surface area contributed by atoms with Gasteiger partial charge < -0.3 is 14.8 Å². The highest BCUT2D eigenvalue weighted by molar-refractivity contribution is 5.88. The first-order valence-corrected chi connectivity index (χ1v) is 7.13. The molecule has 0 aromatic carbocycles. The number of hydrogen-bond donors (Lipinski definition) is 1. The molecule has 21 heavy (non-hydrogen) atoms. The summed E-state index contributed by atoms with van der Waals surface area (Å²) in [5.41, 5.74) is 0.835. The van der Waals surface area contributed by atoms with E-state index in [1.807, 2.05) is 24.2 Å². The van der Waals surface area contributed by atoms with Gasteiger partial charge in [-0.05, 0) is 25.0 Å². The van der Waals surface area contributed by atoms with Crippen LogP contribution in [0.5, 0.6) is 0 Å². The average Bonchev–Trinajstić information content (AvgIpc) is 3.02. The average molecular weight is 285 g/mol. The van der Waals surface area contributed by atoms with Crippen LogP contribution in [0.25, 0.3) is 11.0 Å². The number of anilines is 1. The molecule has 6 nitrogen and oxygen atoms in total. The molecule has 6 heteroatoms. The minimum Gasteiger partial charge on any atom is -0.354 e. The minimum absolute atomic E-state index is 0.00239. The van der Waals surface area contributed by atoms with Crippen molar-refractivity contribution in [3.63, 3.8) is 0 Å². The standard InChI is InChI=1S/C15H19N5O/c1-3-13(21)20-8-4-5-11(9-20)19(2)15-12-6-7-16-14(12)17-10-18-15/h3,6-7,10-11H,1,4-5,8-9H2,2H3,(H,16,17,18). The molecule has 1 amide bonds. The van der Waals surface area contributed by atoms with Gasteiger partial charge in [0.2, 0.25) is 5.91 Å². The van der Waals surface area contributed by atoms with E-state index in [0.29, 0.717) is 6.54 Å². The van der Waals surface area contributed by atoms with Crippen molar-refractivity contribution >= 4 is 22.8 Å². The maximum absolute atomic E-state index is 11.8. The number of nitrogens with zero attached hydrogens (tertiary/aromatic N) is 4. The topological polar surface area (TPSA) is 65.1 Å². The molecule has 2 aromatic heterocycles. The van der Waals surface area contributed by atoms with Gasteiger partial charge in [0.1, 0.15) is 17.8 Å². The number of amides is 1. The number of piperidine rings is 1. The number of hydrogen-bond acceptors (Lipinski definition) is 4. The number of nitrogens with one attached hydrogen (secondary N) is 1. The zero-order chi connectivity index (χ0) is 14.8. The van der Waals surface area contributed by atoms with Crippen LogP contribution in [0.1, 0.15) is 12.8 Å². The van der Waals surface area contributed by atoms with Crippen LogP contribution >= 0.6 is 0 Å². The summed E-state index contributed by atoms with van der Waals surface area (Å²) in [5, 5.41) is 1.01. The molecule has 3 heterocycles. The molecule has 1 unspecified atom stereocenters. The number of carbonyl (C=O) groups is 1. The third-order valence-electron chi connectivity index (χ3n) is 4.10. The van der Waals surface area contributed by atoms with E-state index in [0.717, 1.165) is 36.2 Å². The van der Waals surface area contributed by atoms with E-state index in [9.17, 15) is 4.79 Å². The number of rotatable bonds is 3. The smallest absolute Gasteiger partial charge is 0.246 e. The number of carbonyl (C=O) groups excluding carboxylic acids is 1. The minimum atomic E-state index is 0.00239. The summed E-state index contributed by atoms with van der Waals surface area (Å²) in [5.74, 6) is 0.904. The van der Waals surface area contributed by atoms with E-state index in [-0.39, 0.29) is 11.9 Å². The van der Waals surface area contributed by atoms with Crippen molar-refractivity contribution in [3.05, 3.63) is 31.2 Å². The van der Waals surface area contributed by atoms with Gasteiger partial charge in [-0.1, -0.05) is 6.58 Å². The normalized spacial score (nSPS) is 18.7. The lowest BCUT2D eigenvalue weighted by Gasteiger charge is -2.37. The van der Waals surface area contributed by atoms with Crippen molar-refractivity contribution < 1.29 is 4.79 Å². The molecule has 1 saturated heterocycles. The molecule has 110 valence electrons. The van der Waals surface area contributed by atoms with Crippen LogP contribution in [0.2, 0.25) is 0 Å². The molecule has 0 aliphatic carbocycles. The Hall–Kier alpha value is -2.37. The van der Waals surface area contributed by atoms with E-state index < -0.39 is 0 Å². The summed E-state index contributed by atoms with van der Waals surface area (Å²) >= 11 is 0. The van der Waals surface area contributed by atoms with Crippen molar-refractivity contribution in [1.29, 1.82) is 0 Å². The Bertz CT molecular complexity index is 665. The van der Waals surface area contributed by atoms with Crippen LogP contribution in [-0.4, -0.2) is 51.9 Å². The summed E-state index contributed by atoms with van der Waals surface area (Å²) in [6.45, 7) is 5.08. The van der Waals surface area contributed by atoms with Gasteiger partial charge in [0.05, 0.1) is 5.39 Å². The van der Waals surface area contributed by atoms with Gasteiger partial charge in [0.15, 0.2) is 0 Å². The first-order chi connectivity index (χ1) is 10.2. The molecular formula is C15H19N5O. The van der Waals surface area contributed by atoms with Crippen LogP contribution in [0.4, 0.5) is 5.82 Å². The van der Waals surface area contributed by atoms with Gasteiger partial charge in [-0.15, -0.1) is 0 Å². The SMILES string of the molecule is C=CC(=O)N1CCCC(N(C)c2ncnc3[nH]ccc23)C1. The highest BCUT2D eigenvalue weighted by Crippen LogP contribution is 2.25. The van der Waals surface area contributed by atoms with Crippen molar-refractivity contribution in [1.82, 2.24) is 19.9 Å². The second kappa shape index (κ2) is 5.55. The Morgan fingerprint density at radius 2 is 2.43 bits per heavy atom. The van der Waals surface area contributed by atoms with Gasteiger partial charge in [0, 0.05) is 32.4 Å². The molecule has 0 bridgehead atoms. The van der Waals surface area contributed by atoms with Gasteiger partial charge in [0.25, 0.3) is 0 Å². The Kier molecular flexibility index (Phi) is 3.60. The fourth-order valence-electron chi connectivity index (χ4n) is 2.91. The number of fused-ring (bicyclic) bond motifs is 1. The lowest BCUT2D eigenvalue weighted by molar-refractivity contribution is -0.127. The van der Waals surface area contributed by atoms with E-state index in [1.165, 1.54) is 6.08 Å². The molecule has 0 radical (unpaired) electrons. The second-order valence-corrected chi connectivity index (χ2v) is 5.33. The molecular weight excluding hydrogens is 266 g/mol. The van der Waals surface area contributed by atoms with Gasteiger partial charge in [-0.2, -0.15) is 0 Å². The molecule has 1 N–H and O–H groups in total. The Morgan fingerprint density at radius 1 is 1.57 bits per heavy atom. The number of likely N-dealkylation sites (N-methyl/N-ethyl adjacent to an activating group) is 1. The number of aromatic nitrogens is 3. The maximum Gasteiger partial charge on any atom is 0.246 e. The number of H-pyrrole nitrogens is 1. The summed E-state index contributed by atoms with van der Waals surface area (Å²) in [7, 11) is 2.03. The predicted octanol–water partition coefficient (Wildman–Crippen LogP) is 1.57. The van der Waals surface area contributed by atoms with Crippen molar-refractivity contribution in [2.24, 2.45) is 0 Å². The monoisotopic (exact) mass is 285 g/mol. The van der Waals surface area contributed by atoms with Crippen molar-refractivity contribution in [2.45, 2.75) is 18.9 Å². The van der Waals surface area contributed by atoms with E-state index in [2.05, 4.69) is 26.4 Å². The van der Waals surface area contributed by atoms with Crippen LogP contribution in [-0.2, 0) is 4.79 Å². The van der Waals surface area contributed by atoms with Crippen LogP contribution in [0.3, 0.4) is 0 Å². The quantitative estimate of drug-likeness (QED) is 0.869. The molecule has 2 aromatic rings. The second-order valence-electron chi connectivity index (χ2n) is 5.33. The van der Waals surface area contributed by atoms with Gasteiger partial charge in [-0.25, -0.2) is 9.97 Å². The lowest BCUT2D eigenvalue weighted by atomic mass is 10.0. The Morgan fingerprint density at radius 3 is 3.24 bits per heavy atom. The third-order valence-corrected chi connectivity index (χ3v) is 4.10. The third kappa shape index (κ3) is 2.49. The number of aromatic amines is 1. The molecule has 1 fully saturated rings. The fraction of sp³-hybridized carbons (Fsp3) is 0.400. The predicted molar refractivity (Wildman–Crippen MR) is 82.1 cm³/mol. The largest absolute Gasteiger partial charge is 0.354 e. The van der Waals surface area contributed by atoms with E-state index in [1.54, 1.807) is 6.33 Å². The number of likely N-dealkylation sites (tertiary alicyclic amines) is 1. The molecule has 1 atom stereocenters. The zero-order valence-electron chi connectivity index (χ0n) is 12.1. The summed E-state index contributed by atoms with van der Waals surface area (Å²) < 4.78 is 0. The van der Waals surface area contributed by atoms with Crippen LogP contribution in [0.15, 0.2) is 31.2 Å². The van der Waals surface area contributed by atoms with Crippen molar-refractivity contribution in [3.8, 4) is 0 Å². The first kappa shape index (κ1) is 13.6. The van der Waals surface area contributed by atoms with Gasteiger partial charge >= 0.3 is 0 Å². The molecule has 0 saturated carbocycles. The first-order valence-electron chi connectivity index (χ1n) is 7.13. The summed E-state index contributed by atoms with van der Waals surface area (Å²) in [6.07, 6.45) is 6.87. The summed E-state index contributed by atoms with van der Waals surface area (Å²) in [6, 6.07) is 2.24. The van der Waals surface area contributed by atoms with Crippen molar-refractivity contribution in [2.75, 3.05) is 25.0 Å². The zero-order valence-corrected chi connectivity index (χ0v) is 12.1. The molecule has 0 spiro atoms. The van der Waals surface area contributed by atoms with E-state index in [4.69, 9.17) is 0 Å². The van der Waals surface area contributed by atoms with Crippen LogP contribution < -0.4 is 4.90 Å². The Labute approximate surface area is 123 Å².